The molecule has 132 valence electrons. The highest BCUT2D eigenvalue weighted by Crippen LogP contribution is 2.30. The topological polar surface area (TPSA) is 66.9 Å². The first-order chi connectivity index (χ1) is 12.4. The van der Waals surface area contributed by atoms with Crippen LogP contribution in [0.5, 0.6) is 0 Å². The number of aryl methyl sites for hydroxylation is 1. The van der Waals surface area contributed by atoms with E-state index < -0.39 is 11.7 Å². The third-order valence-electron chi connectivity index (χ3n) is 3.41. The molecule has 1 amide bonds. The molecule has 3 aromatic rings. The highest BCUT2D eigenvalue weighted by atomic mass is 35.5. The van der Waals surface area contributed by atoms with Crippen molar-refractivity contribution in [2.24, 2.45) is 0 Å². The van der Waals surface area contributed by atoms with Gasteiger partial charge in [-0.3, -0.25) is 4.79 Å². The maximum Gasteiger partial charge on any atom is 0.274 e. The van der Waals surface area contributed by atoms with E-state index in [2.05, 4.69) is 20.6 Å². The van der Waals surface area contributed by atoms with E-state index >= 15 is 0 Å². The van der Waals surface area contributed by atoms with Crippen molar-refractivity contribution in [1.29, 1.82) is 0 Å². The first-order valence-corrected chi connectivity index (χ1v) is 8.32. The quantitative estimate of drug-likeness (QED) is 0.640. The molecule has 5 nitrogen and oxygen atoms in total. The Morgan fingerprint density at radius 2 is 1.73 bits per heavy atom. The van der Waals surface area contributed by atoms with Crippen molar-refractivity contribution in [3.8, 4) is 0 Å². The van der Waals surface area contributed by atoms with Crippen LogP contribution in [0.2, 0.25) is 10.0 Å². The van der Waals surface area contributed by atoms with E-state index in [1.807, 2.05) is 0 Å². The average Bonchev–Trinajstić information content (AvgIpc) is 2.59. The van der Waals surface area contributed by atoms with Gasteiger partial charge in [0.15, 0.2) is 0 Å². The minimum Gasteiger partial charge on any atom is -0.322 e. The van der Waals surface area contributed by atoms with Gasteiger partial charge in [0.25, 0.3) is 5.91 Å². The molecular weight excluding hydrogens is 378 g/mol. The Morgan fingerprint density at radius 3 is 2.42 bits per heavy atom. The highest BCUT2D eigenvalue weighted by molar-refractivity contribution is 6.40. The van der Waals surface area contributed by atoms with Crippen LogP contribution in [0.25, 0.3) is 0 Å². The number of carbonyl (C=O) groups excluding carboxylic acids is 1. The molecular formula is C18H13Cl2FN4O. The van der Waals surface area contributed by atoms with Crippen molar-refractivity contribution in [2.45, 2.75) is 6.92 Å². The van der Waals surface area contributed by atoms with Crippen LogP contribution in [0.15, 0.2) is 48.5 Å². The number of carbonyl (C=O) groups is 1. The Labute approximate surface area is 159 Å². The zero-order valence-electron chi connectivity index (χ0n) is 13.6. The largest absolute Gasteiger partial charge is 0.322 e. The first-order valence-electron chi connectivity index (χ1n) is 7.56. The van der Waals surface area contributed by atoms with Gasteiger partial charge in [0, 0.05) is 5.69 Å². The standard InChI is InChI=1S/C18H13Cl2FN4O/c1-10-9-15(17(26)25-16-11(19)5-4-6-12(16)20)24-18(22-10)23-14-8-3-2-7-13(14)21/h2-9H,1H3,(H,25,26)(H,22,23,24). The highest BCUT2D eigenvalue weighted by Gasteiger charge is 2.15. The van der Waals surface area contributed by atoms with Crippen LogP contribution in [0.3, 0.4) is 0 Å². The van der Waals surface area contributed by atoms with Crippen LogP contribution in [-0.2, 0) is 0 Å². The molecule has 26 heavy (non-hydrogen) atoms. The van der Waals surface area contributed by atoms with Gasteiger partial charge in [0.2, 0.25) is 5.95 Å². The summed E-state index contributed by atoms with van der Waals surface area (Å²) in [5.74, 6) is -0.862. The van der Waals surface area contributed by atoms with Crippen molar-refractivity contribution in [3.05, 3.63) is 75.8 Å². The summed E-state index contributed by atoms with van der Waals surface area (Å²) in [6.07, 6.45) is 0. The lowest BCUT2D eigenvalue weighted by Gasteiger charge is -2.11. The van der Waals surface area contributed by atoms with Crippen molar-refractivity contribution in [3.63, 3.8) is 0 Å². The zero-order chi connectivity index (χ0) is 18.7. The summed E-state index contributed by atoms with van der Waals surface area (Å²) >= 11 is 12.1. The number of nitrogens with one attached hydrogen (secondary N) is 2. The number of rotatable bonds is 4. The maximum atomic E-state index is 13.8. The molecule has 0 unspecified atom stereocenters. The number of nitrogens with zero attached hydrogens (tertiary/aromatic N) is 2. The molecule has 3 rings (SSSR count). The monoisotopic (exact) mass is 390 g/mol. The predicted octanol–water partition coefficient (Wildman–Crippen LogP) is 5.23. The predicted molar refractivity (Wildman–Crippen MR) is 101 cm³/mol. The van der Waals surface area contributed by atoms with Crippen molar-refractivity contribution < 1.29 is 9.18 Å². The third-order valence-corrected chi connectivity index (χ3v) is 4.04. The molecule has 2 aromatic carbocycles. The molecule has 0 bridgehead atoms. The van der Waals surface area contributed by atoms with E-state index in [1.54, 1.807) is 43.3 Å². The lowest BCUT2D eigenvalue weighted by Crippen LogP contribution is -2.16. The summed E-state index contributed by atoms with van der Waals surface area (Å²) in [5, 5.41) is 6.01. The zero-order valence-corrected chi connectivity index (χ0v) is 15.1. The normalized spacial score (nSPS) is 10.5. The van der Waals surface area contributed by atoms with E-state index in [9.17, 15) is 9.18 Å². The van der Waals surface area contributed by atoms with E-state index in [0.29, 0.717) is 21.4 Å². The fourth-order valence-electron chi connectivity index (χ4n) is 2.22. The van der Waals surface area contributed by atoms with Crippen LogP contribution in [-0.4, -0.2) is 15.9 Å². The minimum atomic E-state index is -0.512. The van der Waals surface area contributed by atoms with Gasteiger partial charge < -0.3 is 10.6 Å². The number of hydrogen-bond acceptors (Lipinski definition) is 4. The van der Waals surface area contributed by atoms with Gasteiger partial charge in [-0.2, -0.15) is 0 Å². The van der Waals surface area contributed by atoms with E-state index in [0.717, 1.165) is 0 Å². The van der Waals surface area contributed by atoms with Gasteiger partial charge in [0.1, 0.15) is 11.5 Å². The summed E-state index contributed by atoms with van der Waals surface area (Å²) in [6.45, 7) is 1.70. The van der Waals surface area contributed by atoms with Crippen LogP contribution < -0.4 is 10.6 Å². The summed E-state index contributed by atoms with van der Waals surface area (Å²) in [7, 11) is 0. The van der Waals surface area contributed by atoms with Gasteiger partial charge in [-0.15, -0.1) is 0 Å². The Bertz CT molecular complexity index is 961. The Hall–Kier alpha value is -2.70. The summed E-state index contributed by atoms with van der Waals surface area (Å²) in [5.41, 5.74) is 1.13. The fourth-order valence-corrected chi connectivity index (χ4v) is 2.71. The number of benzene rings is 2. The summed E-state index contributed by atoms with van der Waals surface area (Å²) in [4.78, 5) is 20.8. The van der Waals surface area contributed by atoms with Crippen LogP contribution in [0, 0.1) is 12.7 Å². The maximum absolute atomic E-state index is 13.8. The van der Waals surface area contributed by atoms with Crippen LogP contribution in [0.4, 0.5) is 21.7 Å². The molecule has 0 atom stereocenters. The second-order valence-corrected chi connectivity index (χ2v) is 6.19. The summed E-state index contributed by atoms with van der Waals surface area (Å²) in [6, 6.07) is 12.5. The first kappa shape index (κ1) is 18.1. The van der Waals surface area contributed by atoms with E-state index in [-0.39, 0.29) is 17.3 Å². The van der Waals surface area contributed by atoms with Gasteiger partial charge >= 0.3 is 0 Å². The molecule has 0 fully saturated rings. The molecule has 0 spiro atoms. The lowest BCUT2D eigenvalue weighted by atomic mass is 10.2. The van der Waals surface area contributed by atoms with E-state index in [1.165, 1.54) is 12.1 Å². The van der Waals surface area contributed by atoms with Gasteiger partial charge in [-0.05, 0) is 37.3 Å². The molecule has 0 saturated heterocycles. The third kappa shape index (κ3) is 4.09. The van der Waals surface area contributed by atoms with Gasteiger partial charge in [-0.1, -0.05) is 41.4 Å². The Morgan fingerprint density at radius 1 is 1.04 bits per heavy atom. The van der Waals surface area contributed by atoms with Crippen molar-refractivity contribution in [2.75, 3.05) is 10.6 Å². The number of anilines is 3. The number of para-hydroxylation sites is 2. The van der Waals surface area contributed by atoms with Crippen molar-refractivity contribution >= 4 is 46.4 Å². The SMILES string of the molecule is Cc1cc(C(=O)Nc2c(Cl)cccc2Cl)nc(Nc2ccccc2F)n1. The van der Waals surface area contributed by atoms with Crippen molar-refractivity contribution in [1.82, 2.24) is 9.97 Å². The molecule has 0 aliphatic carbocycles. The van der Waals surface area contributed by atoms with Gasteiger partial charge in [-0.25, -0.2) is 14.4 Å². The lowest BCUT2D eigenvalue weighted by molar-refractivity contribution is 0.102. The van der Waals surface area contributed by atoms with E-state index in [4.69, 9.17) is 23.2 Å². The summed E-state index contributed by atoms with van der Waals surface area (Å²) < 4.78 is 13.8. The number of halogens is 3. The minimum absolute atomic E-state index is 0.0901. The molecule has 0 aliphatic rings. The molecule has 0 saturated carbocycles. The molecule has 8 heteroatoms. The second kappa shape index (κ2) is 7.68. The van der Waals surface area contributed by atoms with Gasteiger partial charge in [0.05, 0.1) is 21.4 Å². The number of hydrogen-bond donors (Lipinski definition) is 2. The molecule has 1 aromatic heterocycles. The molecule has 0 aliphatic heterocycles. The van der Waals surface area contributed by atoms with Crippen LogP contribution in [0.1, 0.15) is 16.2 Å². The average molecular weight is 391 g/mol. The smallest absolute Gasteiger partial charge is 0.274 e. The number of aromatic nitrogens is 2. The molecule has 0 radical (unpaired) electrons. The van der Waals surface area contributed by atoms with Crippen LogP contribution >= 0.6 is 23.2 Å². The fraction of sp³-hybridized carbons (Fsp3) is 0.0556. The molecule has 2 N–H and O–H groups in total. The Balaban J connectivity index is 1.87. The second-order valence-electron chi connectivity index (χ2n) is 5.37. The number of amides is 1. The molecule has 1 heterocycles. The Kier molecular flexibility index (Phi) is 5.35.